The van der Waals surface area contributed by atoms with E-state index in [1.165, 1.54) is 5.56 Å². The Hall–Kier alpha value is -2.33. The SMILES string of the molecule is CC(C)(Cc1ncnc2c1ccn2[C@@H]1C[C@@H](COS(N)(=O)=O)[C@@H](O)C1)c1ccccc1. The maximum atomic E-state index is 11.1. The second-order valence-electron chi connectivity index (χ2n) is 8.94. The monoisotopic (exact) mass is 444 g/mol. The first kappa shape index (κ1) is 21.9. The van der Waals surface area contributed by atoms with Crippen LogP contribution < -0.4 is 5.14 Å². The summed E-state index contributed by atoms with van der Waals surface area (Å²) in [6.07, 6.45) is 4.73. The van der Waals surface area contributed by atoms with Crippen LogP contribution in [0.15, 0.2) is 48.9 Å². The van der Waals surface area contributed by atoms with Crippen molar-refractivity contribution in [1.29, 1.82) is 0 Å². The average molecular weight is 445 g/mol. The fourth-order valence-electron chi connectivity index (χ4n) is 4.53. The van der Waals surface area contributed by atoms with Crippen molar-refractivity contribution in [2.45, 2.75) is 50.7 Å². The molecule has 0 bridgehead atoms. The molecule has 0 saturated heterocycles. The number of hydrogen-bond acceptors (Lipinski definition) is 6. The van der Waals surface area contributed by atoms with E-state index in [4.69, 9.17) is 9.32 Å². The highest BCUT2D eigenvalue weighted by atomic mass is 32.2. The first-order valence-corrected chi connectivity index (χ1v) is 11.8. The molecule has 1 aromatic carbocycles. The number of aliphatic hydroxyl groups excluding tert-OH is 1. The molecule has 0 radical (unpaired) electrons. The lowest BCUT2D eigenvalue weighted by atomic mass is 9.80. The van der Waals surface area contributed by atoms with E-state index in [1.54, 1.807) is 6.33 Å². The largest absolute Gasteiger partial charge is 0.393 e. The summed E-state index contributed by atoms with van der Waals surface area (Å²) < 4.78 is 28.9. The summed E-state index contributed by atoms with van der Waals surface area (Å²) in [6, 6.07) is 12.4. The normalized spacial score (nSPS) is 22.3. The topological polar surface area (TPSA) is 120 Å². The van der Waals surface area contributed by atoms with Crippen LogP contribution in [0, 0.1) is 5.92 Å². The van der Waals surface area contributed by atoms with Crippen molar-refractivity contribution in [2.75, 3.05) is 6.61 Å². The zero-order valence-electron chi connectivity index (χ0n) is 17.7. The maximum Gasteiger partial charge on any atom is 0.333 e. The molecule has 1 fully saturated rings. The molecule has 31 heavy (non-hydrogen) atoms. The minimum absolute atomic E-state index is 0.00791. The fraction of sp³-hybridized carbons (Fsp3) is 0.455. The van der Waals surface area contributed by atoms with Crippen molar-refractivity contribution in [3.05, 3.63) is 60.2 Å². The molecule has 8 nitrogen and oxygen atoms in total. The lowest BCUT2D eigenvalue weighted by molar-refractivity contribution is 0.100. The summed E-state index contributed by atoms with van der Waals surface area (Å²) in [5.74, 6) is -0.306. The van der Waals surface area contributed by atoms with Crippen molar-refractivity contribution < 1.29 is 17.7 Å². The van der Waals surface area contributed by atoms with Gasteiger partial charge < -0.3 is 9.67 Å². The third kappa shape index (κ3) is 4.79. The Morgan fingerprint density at radius 3 is 2.65 bits per heavy atom. The van der Waals surface area contributed by atoms with Gasteiger partial charge in [-0.3, -0.25) is 4.18 Å². The van der Waals surface area contributed by atoms with Crippen molar-refractivity contribution in [3.8, 4) is 0 Å². The van der Waals surface area contributed by atoms with Gasteiger partial charge in [0, 0.05) is 23.5 Å². The highest BCUT2D eigenvalue weighted by Gasteiger charge is 2.35. The van der Waals surface area contributed by atoms with Crippen LogP contribution >= 0.6 is 0 Å². The summed E-state index contributed by atoms with van der Waals surface area (Å²) in [6.45, 7) is 4.29. The van der Waals surface area contributed by atoms with Crippen LogP contribution in [-0.2, 0) is 26.3 Å². The number of aromatic nitrogens is 3. The zero-order valence-corrected chi connectivity index (χ0v) is 18.5. The summed E-state index contributed by atoms with van der Waals surface area (Å²) in [5.41, 5.74) is 2.95. The van der Waals surface area contributed by atoms with Gasteiger partial charge in [0.25, 0.3) is 0 Å². The first-order chi connectivity index (χ1) is 14.6. The van der Waals surface area contributed by atoms with Gasteiger partial charge in [-0.15, -0.1) is 0 Å². The fourth-order valence-corrected chi connectivity index (χ4v) is 4.90. The van der Waals surface area contributed by atoms with Gasteiger partial charge in [-0.1, -0.05) is 44.2 Å². The molecule has 0 aliphatic heterocycles. The molecule has 3 aromatic rings. The van der Waals surface area contributed by atoms with Crippen molar-refractivity contribution in [1.82, 2.24) is 14.5 Å². The van der Waals surface area contributed by atoms with E-state index in [-0.39, 0.29) is 24.0 Å². The van der Waals surface area contributed by atoms with Gasteiger partial charge in [0.2, 0.25) is 0 Å². The highest BCUT2D eigenvalue weighted by molar-refractivity contribution is 7.84. The summed E-state index contributed by atoms with van der Waals surface area (Å²) in [5, 5.41) is 16.3. The highest BCUT2D eigenvalue weighted by Crippen LogP contribution is 2.38. The number of rotatable bonds is 7. The van der Waals surface area contributed by atoms with E-state index in [0.717, 1.165) is 23.1 Å². The predicted molar refractivity (Wildman–Crippen MR) is 118 cm³/mol. The molecule has 0 amide bonds. The number of fused-ring (bicyclic) bond motifs is 1. The number of aliphatic hydroxyl groups is 1. The first-order valence-electron chi connectivity index (χ1n) is 10.4. The van der Waals surface area contributed by atoms with Gasteiger partial charge in [-0.05, 0) is 36.3 Å². The quantitative estimate of drug-likeness (QED) is 0.578. The van der Waals surface area contributed by atoms with Gasteiger partial charge in [0.05, 0.1) is 18.4 Å². The molecule has 166 valence electrons. The Balaban J connectivity index is 1.57. The Morgan fingerprint density at radius 1 is 1.19 bits per heavy atom. The number of nitrogens with zero attached hydrogens (tertiary/aromatic N) is 3. The van der Waals surface area contributed by atoms with E-state index in [0.29, 0.717) is 12.8 Å². The molecular weight excluding hydrogens is 416 g/mol. The zero-order chi connectivity index (χ0) is 22.2. The van der Waals surface area contributed by atoms with Gasteiger partial charge in [-0.2, -0.15) is 8.42 Å². The second kappa shape index (κ2) is 8.31. The standard InChI is InChI=1S/C22H28N4O4S/c1-22(2,16-6-4-3-5-7-16)12-19-18-8-9-26(21(18)25-14-24-19)17-10-15(20(27)11-17)13-30-31(23,28)29/h3-9,14-15,17,20,27H,10-13H2,1-2H3,(H2,23,28,29)/t15-,17+,20-/m0/s1. The van der Waals surface area contributed by atoms with Gasteiger partial charge in [0.1, 0.15) is 12.0 Å². The van der Waals surface area contributed by atoms with Crippen LogP contribution in [0.25, 0.3) is 11.0 Å². The van der Waals surface area contributed by atoms with Crippen molar-refractivity contribution >= 4 is 21.3 Å². The molecule has 3 atom stereocenters. The van der Waals surface area contributed by atoms with Crippen LogP contribution in [0.4, 0.5) is 0 Å². The molecule has 0 spiro atoms. The molecule has 9 heteroatoms. The molecule has 1 saturated carbocycles. The van der Waals surface area contributed by atoms with Crippen LogP contribution in [0.1, 0.15) is 44.0 Å². The molecule has 0 unspecified atom stereocenters. The predicted octanol–water partition coefficient (Wildman–Crippen LogP) is 2.48. The molecule has 4 rings (SSSR count). The van der Waals surface area contributed by atoms with Crippen molar-refractivity contribution in [3.63, 3.8) is 0 Å². The van der Waals surface area contributed by atoms with Gasteiger partial charge in [0.15, 0.2) is 0 Å². The van der Waals surface area contributed by atoms with Gasteiger partial charge in [-0.25, -0.2) is 15.1 Å². The van der Waals surface area contributed by atoms with E-state index in [2.05, 4.69) is 40.5 Å². The van der Waals surface area contributed by atoms with E-state index in [9.17, 15) is 13.5 Å². The summed E-state index contributed by atoms with van der Waals surface area (Å²) >= 11 is 0. The number of hydrogen-bond donors (Lipinski definition) is 2. The molecule has 2 aromatic heterocycles. The molecule has 1 aliphatic carbocycles. The molecule has 3 N–H and O–H groups in total. The number of benzene rings is 1. The second-order valence-corrected chi connectivity index (χ2v) is 10.2. The van der Waals surface area contributed by atoms with Crippen LogP contribution in [-0.4, -0.2) is 40.8 Å². The van der Waals surface area contributed by atoms with E-state index in [1.807, 2.05) is 30.5 Å². The number of nitrogens with two attached hydrogens (primary N) is 1. The van der Waals surface area contributed by atoms with Crippen molar-refractivity contribution in [2.24, 2.45) is 11.1 Å². The minimum Gasteiger partial charge on any atom is -0.393 e. The Bertz CT molecular complexity index is 1160. The van der Waals surface area contributed by atoms with Gasteiger partial charge >= 0.3 is 10.3 Å². The third-order valence-corrected chi connectivity index (χ3v) is 6.69. The lowest BCUT2D eigenvalue weighted by Crippen LogP contribution is -2.24. The molecule has 1 aliphatic rings. The van der Waals surface area contributed by atoms with Crippen LogP contribution in [0.2, 0.25) is 0 Å². The Morgan fingerprint density at radius 2 is 1.94 bits per heavy atom. The van der Waals surface area contributed by atoms with Crippen LogP contribution in [0.5, 0.6) is 0 Å². The Kier molecular flexibility index (Phi) is 5.87. The Labute approximate surface area is 182 Å². The third-order valence-electron chi connectivity index (χ3n) is 6.23. The maximum absolute atomic E-state index is 11.1. The van der Waals surface area contributed by atoms with Crippen LogP contribution in [0.3, 0.4) is 0 Å². The van der Waals surface area contributed by atoms with E-state index >= 15 is 0 Å². The lowest BCUT2D eigenvalue weighted by Gasteiger charge is -2.25. The summed E-state index contributed by atoms with van der Waals surface area (Å²) in [4.78, 5) is 9.08. The smallest absolute Gasteiger partial charge is 0.333 e. The molecule has 2 heterocycles. The summed E-state index contributed by atoms with van der Waals surface area (Å²) in [7, 11) is -4.03. The minimum atomic E-state index is -4.03. The van der Waals surface area contributed by atoms with E-state index < -0.39 is 16.4 Å². The average Bonchev–Trinajstić information content (AvgIpc) is 3.30. The molecular formula is C22H28N4O4S.